The maximum absolute atomic E-state index is 5.51. The van der Waals surface area contributed by atoms with Crippen LogP contribution >= 0.6 is 39.1 Å². The van der Waals surface area contributed by atoms with Gasteiger partial charge in [-0.15, -0.1) is 23.2 Å². The zero-order chi connectivity index (χ0) is 5.70. The molecule has 0 amide bonds. The minimum Gasteiger partial charge on any atom is -0.127 e. The molecule has 0 aliphatic heterocycles. The first-order valence-corrected chi connectivity index (χ1v) is 4.00. The lowest BCUT2D eigenvalue weighted by atomic mass is 10.4. The number of alkyl halides is 3. The molecule has 1 atom stereocenters. The molecule has 0 aliphatic rings. The molecule has 0 saturated carbocycles. The van der Waals surface area contributed by atoms with Gasteiger partial charge >= 0.3 is 0 Å². The van der Waals surface area contributed by atoms with Gasteiger partial charge in [0.25, 0.3) is 0 Å². The van der Waals surface area contributed by atoms with Crippen molar-refractivity contribution in [1.29, 1.82) is 0 Å². The minimum absolute atomic E-state index is 0.103. The summed E-state index contributed by atoms with van der Waals surface area (Å²) < 4.78 is 0.103. The fourth-order valence-electron chi connectivity index (χ4n) is 0.231. The van der Waals surface area contributed by atoms with Gasteiger partial charge < -0.3 is 0 Å². The van der Waals surface area contributed by atoms with Crippen LogP contribution in [-0.2, 0) is 0 Å². The molecule has 3 heteroatoms. The van der Waals surface area contributed by atoms with Crippen LogP contribution in [0.25, 0.3) is 0 Å². The highest BCUT2D eigenvalue weighted by Gasteiger charge is 1.94. The third-order valence-electron chi connectivity index (χ3n) is 0.556. The first-order chi connectivity index (χ1) is 3.27. The predicted molar refractivity (Wildman–Crippen MR) is 38.5 cm³/mol. The number of halogens is 3. The summed E-state index contributed by atoms with van der Waals surface area (Å²) in [6.07, 6.45) is 1.94. The summed E-state index contributed by atoms with van der Waals surface area (Å²) in [5.74, 6) is 0.703. The Bertz CT molecular complexity index is 38.7. The maximum atomic E-state index is 5.51. The van der Waals surface area contributed by atoms with Gasteiger partial charge in [0.2, 0.25) is 0 Å². The van der Waals surface area contributed by atoms with Gasteiger partial charge in [0.05, 0.1) is 4.29 Å². The molecule has 0 aromatic rings. The molecule has 0 heterocycles. The number of rotatable bonds is 3. The van der Waals surface area contributed by atoms with Gasteiger partial charge in [0.15, 0.2) is 0 Å². The van der Waals surface area contributed by atoms with Crippen LogP contribution < -0.4 is 0 Å². The molecule has 0 radical (unpaired) electrons. The molecular formula is C4H7BrCl2. The zero-order valence-electron chi connectivity index (χ0n) is 3.83. The largest absolute Gasteiger partial charge is 0.127 e. The van der Waals surface area contributed by atoms with Crippen molar-refractivity contribution < 1.29 is 0 Å². The van der Waals surface area contributed by atoms with Crippen LogP contribution in [0.2, 0.25) is 0 Å². The fraction of sp³-hybridized carbons (Fsp3) is 1.00. The topological polar surface area (TPSA) is 0 Å². The fourth-order valence-corrected chi connectivity index (χ4v) is 0.864. The molecule has 0 aliphatic carbocycles. The second kappa shape index (κ2) is 5.20. The Morgan fingerprint density at radius 1 is 1.57 bits per heavy atom. The highest BCUT2D eigenvalue weighted by atomic mass is 79.9. The third kappa shape index (κ3) is 7.06. The van der Waals surface area contributed by atoms with Crippen LogP contribution in [0.4, 0.5) is 0 Å². The van der Waals surface area contributed by atoms with E-state index in [0.717, 1.165) is 12.8 Å². The summed E-state index contributed by atoms with van der Waals surface area (Å²) >= 11 is 14.1. The molecule has 0 saturated heterocycles. The maximum Gasteiger partial charge on any atom is 0.0886 e. The Morgan fingerprint density at radius 3 is 2.29 bits per heavy atom. The molecule has 0 bridgehead atoms. The van der Waals surface area contributed by atoms with E-state index in [1.165, 1.54) is 0 Å². The minimum atomic E-state index is 0.103. The van der Waals surface area contributed by atoms with Crippen molar-refractivity contribution in [3.63, 3.8) is 0 Å². The predicted octanol–water partition coefficient (Wildman–Crippen LogP) is 2.97. The first-order valence-electron chi connectivity index (χ1n) is 2.11. The average molecular weight is 206 g/mol. The zero-order valence-corrected chi connectivity index (χ0v) is 6.93. The van der Waals surface area contributed by atoms with E-state index < -0.39 is 0 Å². The van der Waals surface area contributed by atoms with E-state index in [1.807, 2.05) is 0 Å². The Labute approximate surface area is 62.3 Å². The molecule has 7 heavy (non-hydrogen) atoms. The van der Waals surface area contributed by atoms with Crippen LogP contribution in [0.3, 0.4) is 0 Å². The summed E-state index contributed by atoms with van der Waals surface area (Å²) in [7, 11) is 0. The van der Waals surface area contributed by atoms with E-state index in [2.05, 4.69) is 15.9 Å². The van der Waals surface area contributed by atoms with Crippen LogP contribution in [0.15, 0.2) is 0 Å². The van der Waals surface area contributed by atoms with E-state index >= 15 is 0 Å². The SMILES string of the molecule is ClCCCC(Cl)Br. The highest BCUT2D eigenvalue weighted by Crippen LogP contribution is 2.11. The normalized spacial score (nSPS) is 14.1. The van der Waals surface area contributed by atoms with Crippen LogP contribution in [0.5, 0.6) is 0 Å². The van der Waals surface area contributed by atoms with Gasteiger partial charge in [-0.3, -0.25) is 0 Å². The highest BCUT2D eigenvalue weighted by molar-refractivity contribution is 9.10. The Balaban J connectivity index is 2.68. The van der Waals surface area contributed by atoms with Gasteiger partial charge in [-0.1, -0.05) is 15.9 Å². The second-order valence-corrected chi connectivity index (χ2v) is 3.76. The summed E-state index contributed by atoms with van der Waals surface area (Å²) in [4.78, 5) is 0. The van der Waals surface area contributed by atoms with Crippen molar-refractivity contribution >= 4 is 39.1 Å². The average Bonchev–Trinajstić information content (AvgIpc) is 1.61. The molecule has 0 N–H and O–H groups in total. The summed E-state index contributed by atoms with van der Waals surface area (Å²) in [6.45, 7) is 0. The second-order valence-electron chi connectivity index (χ2n) is 1.22. The number of hydrogen-bond donors (Lipinski definition) is 0. The molecule has 0 spiro atoms. The van der Waals surface area contributed by atoms with Crippen molar-refractivity contribution in [1.82, 2.24) is 0 Å². The van der Waals surface area contributed by atoms with Gasteiger partial charge in [-0.25, -0.2) is 0 Å². The molecule has 0 nitrogen and oxygen atoms in total. The van der Waals surface area contributed by atoms with Gasteiger partial charge in [0, 0.05) is 5.88 Å². The molecule has 1 unspecified atom stereocenters. The lowest BCUT2D eigenvalue weighted by Gasteiger charge is -1.93. The quantitative estimate of drug-likeness (QED) is 0.622. The Kier molecular flexibility index (Phi) is 5.99. The van der Waals surface area contributed by atoms with E-state index in [9.17, 15) is 0 Å². The van der Waals surface area contributed by atoms with E-state index in [-0.39, 0.29) is 4.29 Å². The van der Waals surface area contributed by atoms with E-state index in [0.29, 0.717) is 5.88 Å². The Morgan fingerprint density at radius 2 is 2.14 bits per heavy atom. The molecule has 0 aromatic carbocycles. The lowest BCUT2D eigenvalue weighted by Crippen LogP contribution is -1.84. The van der Waals surface area contributed by atoms with Crippen molar-refractivity contribution in [3.8, 4) is 0 Å². The molecule has 0 rings (SSSR count). The molecular weight excluding hydrogens is 199 g/mol. The summed E-state index contributed by atoms with van der Waals surface area (Å²) in [5.41, 5.74) is 0. The van der Waals surface area contributed by atoms with Crippen molar-refractivity contribution in [3.05, 3.63) is 0 Å². The standard InChI is InChI=1S/C4H7BrCl2/c5-4(7)2-1-3-6/h4H,1-3H2. The first kappa shape index (κ1) is 8.06. The van der Waals surface area contributed by atoms with E-state index in [4.69, 9.17) is 23.2 Å². The molecule has 0 fully saturated rings. The third-order valence-corrected chi connectivity index (χ3v) is 1.50. The summed E-state index contributed by atoms with van der Waals surface area (Å²) in [5, 5.41) is 0. The molecule has 0 aromatic heterocycles. The van der Waals surface area contributed by atoms with Crippen LogP contribution in [-0.4, -0.2) is 10.2 Å². The smallest absolute Gasteiger partial charge is 0.0886 e. The lowest BCUT2D eigenvalue weighted by molar-refractivity contribution is 0.878. The summed E-state index contributed by atoms with van der Waals surface area (Å²) in [6, 6.07) is 0. The van der Waals surface area contributed by atoms with Crippen LogP contribution in [0, 0.1) is 0 Å². The van der Waals surface area contributed by atoms with Crippen molar-refractivity contribution in [2.24, 2.45) is 0 Å². The van der Waals surface area contributed by atoms with E-state index in [1.54, 1.807) is 0 Å². The van der Waals surface area contributed by atoms with Crippen LogP contribution in [0.1, 0.15) is 12.8 Å². The monoisotopic (exact) mass is 204 g/mol. The van der Waals surface area contributed by atoms with Gasteiger partial charge in [0.1, 0.15) is 0 Å². The number of hydrogen-bond acceptors (Lipinski definition) is 0. The van der Waals surface area contributed by atoms with Crippen molar-refractivity contribution in [2.75, 3.05) is 5.88 Å². The molecule has 44 valence electrons. The Hall–Kier alpha value is 1.06. The van der Waals surface area contributed by atoms with Gasteiger partial charge in [-0.05, 0) is 12.8 Å². The van der Waals surface area contributed by atoms with Crippen molar-refractivity contribution in [2.45, 2.75) is 17.1 Å². The van der Waals surface area contributed by atoms with Gasteiger partial charge in [-0.2, -0.15) is 0 Å².